The van der Waals surface area contributed by atoms with Gasteiger partial charge in [-0.3, -0.25) is 24.5 Å². The number of nitrogens with one attached hydrogen (secondary N) is 1. The quantitative estimate of drug-likeness (QED) is 0.567. The van der Waals surface area contributed by atoms with E-state index in [9.17, 15) is 19.7 Å². The molecular weight excluding hydrogens is 228 g/mol. The number of rotatable bonds is 3. The van der Waals surface area contributed by atoms with Gasteiger partial charge in [0.25, 0.3) is 0 Å². The second-order valence-corrected chi connectivity index (χ2v) is 3.59. The van der Waals surface area contributed by atoms with Gasteiger partial charge in [0.2, 0.25) is 0 Å². The van der Waals surface area contributed by atoms with E-state index in [0.29, 0.717) is 0 Å². The Labute approximate surface area is 96.0 Å². The third kappa shape index (κ3) is 2.60. The van der Waals surface area contributed by atoms with Gasteiger partial charge in [0.15, 0.2) is 0 Å². The average Bonchev–Trinajstić information content (AvgIpc) is 2.20. The van der Waals surface area contributed by atoms with E-state index in [-0.39, 0.29) is 5.69 Å². The lowest BCUT2D eigenvalue weighted by Gasteiger charge is -2.06. The highest BCUT2D eigenvalue weighted by atomic mass is 16.6. The first-order chi connectivity index (χ1) is 7.84. The molecule has 0 aliphatic heterocycles. The highest BCUT2D eigenvalue weighted by molar-refractivity contribution is 5.55. The predicted molar refractivity (Wildman–Crippen MR) is 61.7 cm³/mol. The lowest BCUT2D eigenvalue weighted by molar-refractivity contribution is -0.387. The molecule has 1 aromatic heterocycles. The van der Waals surface area contributed by atoms with Crippen LogP contribution in [-0.2, 0) is 7.05 Å². The number of hydrogen-bond acceptors (Lipinski definition) is 5. The maximum absolute atomic E-state index is 11.3. The Balaban J connectivity index is 3.60. The van der Waals surface area contributed by atoms with Crippen LogP contribution in [0.25, 0.3) is 6.08 Å². The van der Waals surface area contributed by atoms with E-state index in [0.717, 1.165) is 4.57 Å². The normalized spacial score (nSPS) is 10.8. The summed E-state index contributed by atoms with van der Waals surface area (Å²) >= 11 is 0. The monoisotopic (exact) mass is 240 g/mol. The van der Waals surface area contributed by atoms with Gasteiger partial charge >= 0.3 is 16.9 Å². The van der Waals surface area contributed by atoms with E-state index < -0.39 is 21.9 Å². The van der Waals surface area contributed by atoms with Crippen LogP contribution >= 0.6 is 0 Å². The zero-order valence-electron chi connectivity index (χ0n) is 9.63. The molecule has 0 saturated heterocycles. The molecule has 0 fully saturated rings. The Morgan fingerprint density at radius 1 is 1.41 bits per heavy atom. The van der Waals surface area contributed by atoms with Crippen molar-refractivity contribution in [3.8, 4) is 0 Å². The van der Waals surface area contributed by atoms with Crippen LogP contribution in [0.15, 0.2) is 15.8 Å². The molecule has 92 valence electrons. The molecule has 17 heavy (non-hydrogen) atoms. The van der Waals surface area contributed by atoms with Crippen molar-refractivity contribution < 1.29 is 4.92 Å². The highest BCUT2D eigenvalue weighted by Gasteiger charge is 2.21. The second kappa shape index (κ2) is 4.64. The molecule has 0 atom stereocenters. The van der Waals surface area contributed by atoms with Gasteiger partial charge in [0.1, 0.15) is 5.69 Å². The van der Waals surface area contributed by atoms with Crippen LogP contribution in [0.5, 0.6) is 0 Å². The average molecular weight is 240 g/mol. The van der Waals surface area contributed by atoms with Gasteiger partial charge in [-0.25, -0.2) is 4.79 Å². The van der Waals surface area contributed by atoms with E-state index in [4.69, 9.17) is 0 Å². The topological polar surface area (TPSA) is 101 Å². The molecule has 0 aromatic carbocycles. The third-order valence-electron chi connectivity index (χ3n) is 2.06. The fourth-order valence-corrected chi connectivity index (χ4v) is 1.21. The van der Waals surface area contributed by atoms with E-state index in [2.05, 4.69) is 0 Å². The lowest BCUT2D eigenvalue weighted by Crippen LogP contribution is -2.31. The first-order valence-corrected chi connectivity index (χ1v) is 4.67. The first kappa shape index (κ1) is 12.7. The predicted octanol–water partition coefficient (Wildman–Crippen LogP) is -0.486. The molecule has 0 unspecified atom stereocenters. The number of aromatic amines is 1. The van der Waals surface area contributed by atoms with Gasteiger partial charge in [-0.2, -0.15) is 0 Å². The summed E-state index contributed by atoms with van der Waals surface area (Å²) in [5.74, 6) is 0. The summed E-state index contributed by atoms with van der Waals surface area (Å²) in [4.78, 5) is 36.1. The molecule has 0 radical (unpaired) electrons. The molecule has 8 heteroatoms. The van der Waals surface area contributed by atoms with Gasteiger partial charge in [-0.15, -0.1) is 0 Å². The Bertz CT molecular complexity index is 582. The molecule has 1 rings (SSSR count). The SMILES string of the molecule is CN(C)/C=C/c1c([N+](=O)[O-])c(=O)[nH]c(=O)n1C. The molecule has 0 amide bonds. The van der Waals surface area contributed by atoms with Crippen LogP contribution in [0.1, 0.15) is 5.69 Å². The maximum Gasteiger partial charge on any atom is 0.357 e. The number of aromatic nitrogens is 2. The summed E-state index contributed by atoms with van der Waals surface area (Å²) in [6.07, 6.45) is 2.86. The van der Waals surface area contributed by atoms with Gasteiger partial charge in [-0.1, -0.05) is 0 Å². The second-order valence-electron chi connectivity index (χ2n) is 3.59. The van der Waals surface area contributed by atoms with Gasteiger partial charge in [0, 0.05) is 27.3 Å². The van der Waals surface area contributed by atoms with E-state index in [1.807, 2.05) is 4.98 Å². The molecule has 1 N–H and O–H groups in total. The lowest BCUT2D eigenvalue weighted by atomic mass is 10.3. The number of H-pyrrole nitrogens is 1. The van der Waals surface area contributed by atoms with Crippen LogP contribution in [0.2, 0.25) is 0 Å². The minimum atomic E-state index is -1.00. The molecule has 0 aliphatic carbocycles. The van der Waals surface area contributed by atoms with Crippen LogP contribution < -0.4 is 11.2 Å². The molecule has 1 aromatic rings. The summed E-state index contributed by atoms with van der Waals surface area (Å²) in [7, 11) is 4.78. The van der Waals surface area contributed by atoms with Gasteiger partial charge in [0.05, 0.1) is 4.92 Å². The fourth-order valence-electron chi connectivity index (χ4n) is 1.21. The molecule has 8 nitrogen and oxygen atoms in total. The van der Waals surface area contributed by atoms with Crippen LogP contribution in [-0.4, -0.2) is 33.5 Å². The smallest absolute Gasteiger partial charge is 0.357 e. The summed E-state index contributed by atoms with van der Waals surface area (Å²) in [6, 6.07) is 0. The summed E-state index contributed by atoms with van der Waals surface area (Å²) < 4.78 is 1.01. The summed E-state index contributed by atoms with van der Waals surface area (Å²) in [5, 5.41) is 10.8. The molecule has 0 aliphatic rings. The Kier molecular flexibility index (Phi) is 3.46. The largest absolute Gasteiger partial charge is 0.383 e. The molecule has 1 heterocycles. The van der Waals surface area contributed by atoms with Crippen molar-refractivity contribution in [1.29, 1.82) is 0 Å². The van der Waals surface area contributed by atoms with Crippen LogP contribution in [0.4, 0.5) is 5.69 Å². The summed E-state index contributed by atoms with van der Waals surface area (Å²) in [6.45, 7) is 0. The van der Waals surface area contributed by atoms with Crippen molar-refractivity contribution in [3.05, 3.63) is 42.8 Å². The molecular formula is C9H12N4O4. The Hall–Kier alpha value is -2.38. The molecule has 0 bridgehead atoms. The van der Waals surface area contributed by atoms with Gasteiger partial charge in [-0.05, 0) is 6.08 Å². The third-order valence-corrected chi connectivity index (χ3v) is 2.06. The standard InChI is InChI=1S/C9H12N4O4/c1-11(2)5-4-6-7(13(16)17)8(14)10-9(15)12(6)3/h4-5H,1-3H3,(H,10,14,15)/b5-4+. The minimum absolute atomic E-state index is 0.0440. The summed E-state index contributed by atoms with van der Waals surface area (Å²) in [5.41, 5.74) is -2.39. The van der Waals surface area contributed by atoms with Crippen LogP contribution in [0, 0.1) is 10.1 Å². The van der Waals surface area contributed by atoms with Crippen molar-refractivity contribution in [2.45, 2.75) is 0 Å². The number of nitrogens with zero attached hydrogens (tertiary/aromatic N) is 3. The fraction of sp³-hybridized carbons (Fsp3) is 0.333. The van der Waals surface area contributed by atoms with Crippen molar-refractivity contribution in [3.63, 3.8) is 0 Å². The van der Waals surface area contributed by atoms with Crippen molar-refractivity contribution in [1.82, 2.24) is 14.5 Å². The van der Waals surface area contributed by atoms with Crippen molar-refractivity contribution in [2.24, 2.45) is 7.05 Å². The number of hydrogen-bond donors (Lipinski definition) is 1. The van der Waals surface area contributed by atoms with Gasteiger partial charge < -0.3 is 4.90 Å². The van der Waals surface area contributed by atoms with E-state index >= 15 is 0 Å². The minimum Gasteiger partial charge on any atom is -0.383 e. The van der Waals surface area contributed by atoms with Crippen molar-refractivity contribution >= 4 is 11.8 Å². The Morgan fingerprint density at radius 2 is 2.00 bits per heavy atom. The van der Waals surface area contributed by atoms with E-state index in [1.165, 1.54) is 19.3 Å². The van der Waals surface area contributed by atoms with Crippen molar-refractivity contribution in [2.75, 3.05) is 14.1 Å². The molecule has 0 saturated carbocycles. The highest BCUT2D eigenvalue weighted by Crippen LogP contribution is 2.11. The maximum atomic E-state index is 11.3. The first-order valence-electron chi connectivity index (χ1n) is 4.67. The zero-order valence-corrected chi connectivity index (χ0v) is 9.63. The Morgan fingerprint density at radius 3 is 2.47 bits per heavy atom. The molecule has 0 spiro atoms. The van der Waals surface area contributed by atoms with Crippen LogP contribution in [0.3, 0.4) is 0 Å². The van der Waals surface area contributed by atoms with E-state index in [1.54, 1.807) is 19.0 Å². The number of nitro groups is 1. The zero-order chi connectivity index (χ0) is 13.2.